The van der Waals surface area contributed by atoms with E-state index < -0.39 is 21.5 Å². The standard InChI is InChI=1S/C20H17N5O5S2/c1-30-14-6-2-12(3-7-14)18-16(10-21)19(27)25-20(24-18)31-11-17(26)23-13-4-8-15(9-5-13)32(22,28)29/h2-9H,11H2,1H3,(H,23,26)(H2,22,28,29)(H,24,25,27). The number of hydrogen-bond donors (Lipinski definition) is 3. The van der Waals surface area contributed by atoms with Crippen LogP contribution >= 0.6 is 11.8 Å². The number of nitrogens with two attached hydrogens (primary N) is 1. The van der Waals surface area contributed by atoms with Crippen LogP contribution in [0, 0.1) is 11.3 Å². The lowest BCUT2D eigenvalue weighted by Gasteiger charge is -2.08. The highest BCUT2D eigenvalue weighted by molar-refractivity contribution is 7.99. The van der Waals surface area contributed by atoms with Crippen molar-refractivity contribution in [1.29, 1.82) is 5.26 Å². The van der Waals surface area contributed by atoms with Gasteiger partial charge in [0.15, 0.2) is 5.16 Å². The number of amides is 1. The predicted molar refractivity (Wildman–Crippen MR) is 119 cm³/mol. The van der Waals surface area contributed by atoms with Gasteiger partial charge in [-0.25, -0.2) is 18.5 Å². The Morgan fingerprint density at radius 3 is 2.44 bits per heavy atom. The van der Waals surface area contributed by atoms with Crippen LogP contribution in [0.15, 0.2) is 63.4 Å². The quantitative estimate of drug-likeness (QED) is 0.345. The summed E-state index contributed by atoms with van der Waals surface area (Å²) in [6.45, 7) is 0. The number of carbonyl (C=O) groups excluding carboxylic acids is 1. The maximum Gasteiger partial charge on any atom is 0.270 e. The molecule has 0 fully saturated rings. The summed E-state index contributed by atoms with van der Waals surface area (Å²) in [5.74, 6) is 0.116. The smallest absolute Gasteiger partial charge is 0.270 e. The molecule has 2 aromatic carbocycles. The van der Waals surface area contributed by atoms with Crippen molar-refractivity contribution in [3.05, 3.63) is 64.4 Å². The number of anilines is 1. The number of aromatic nitrogens is 2. The summed E-state index contributed by atoms with van der Waals surface area (Å²) >= 11 is 0.976. The fourth-order valence-corrected chi connectivity index (χ4v) is 3.82. The summed E-state index contributed by atoms with van der Waals surface area (Å²) in [7, 11) is -2.30. The summed E-state index contributed by atoms with van der Waals surface area (Å²) in [6, 6.07) is 13.9. The molecular weight excluding hydrogens is 454 g/mol. The Morgan fingerprint density at radius 2 is 1.88 bits per heavy atom. The van der Waals surface area contributed by atoms with Gasteiger partial charge in [0.25, 0.3) is 5.56 Å². The second kappa shape index (κ2) is 9.65. The minimum atomic E-state index is -3.82. The van der Waals surface area contributed by atoms with E-state index in [1.54, 1.807) is 24.3 Å². The van der Waals surface area contributed by atoms with E-state index in [2.05, 4.69) is 15.3 Å². The third-order valence-corrected chi connectivity index (χ3v) is 5.98. The first-order valence-corrected chi connectivity index (χ1v) is 11.5. The van der Waals surface area contributed by atoms with E-state index in [1.807, 2.05) is 6.07 Å². The van der Waals surface area contributed by atoms with Crippen molar-refractivity contribution in [2.24, 2.45) is 5.14 Å². The van der Waals surface area contributed by atoms with Gasteiger partial charge < -0.3 is 15.0 Å². The minimum absolute atomic E-state index is 0.0738. The Kier molecular flexibility index (Phi) is 6.94. The number of thioether (sulfide) groups is 1. The molecule has 0 aliphatic heterocycles. The molecule has 3 aromatic rings. The fourth-order valence-electron chi connectivity index (χ4n) is 2.64. The number of rotatable bonds is 7. The van der Waals surface area contributed by atoms with Crippen LogP contribution in [0.4, 0.5) is 5.69 Å². The van der Waals surface area contributed by atoms with Crippen LogP contribution in [-0.4, -0.2) is 37.2 Å². The van der Waals surface area contributed by atoms with Gasteiger partial charge in [0, 0.05) is 11.3 Å². The van der Waals surface area contributed by atoms with Crippen LogP contribution in [0.3, 0.4) is 0 Å². The summed E-state index contributed by atoms with van der Waals surface area (Å²) in [5.41, 5.74) is 0.368. The van der Waals surface area contributed by atoms with Gasteiger partial charge in [0.2, 0.25) is 15.9 Å². The first-order chi connectivity index (χ1) is 15.2. The van der Waals surface area contributed by atoms with E-state index in [0.29, 0.717) is 17.0 Å². The van der Waals surface area contributed by atoms with Gasteiger partial charge in [0.1, 0.15) is 17.4 Å². The van der Waals surface area contributed by atoms with Crippen molar-refractivity contribution in [3.8, 4) is 23.1 Å². The molecule has 1 heterocycles. The zero-order valence-electron chi connectivity index (χ0n) is 16.7. The molecule has 0 saturated heterocycles. The molecule has 0 spiro atoms. The summed E-state index contributed by atoms with van der Waals surface area (Å²) in [4.78, 5) is 31.3. The second-order valence-corrected chi connectivity index (χ2v) is 8.87. The number of nitrogens with one attached hydrogen (secondary N) is 2. The molecule has 12 heteroatoms. The van der Waals surface area contributed by atoms with E-state index in [9.17, 15) is 23.3 Å². The van der Waals surface area contributed by atoms with E-state index >= 15 is 0 Å². The number of hydrogen-bond acceptors (Lipinski definition) is 8. The van der Waals surface area contributed by atoms with Crippen LogP contribution in [-0.2, 0) is 14.8 Å². The molecular formula is C20H17N5O5S2. The van der Waals surface area contributed by atoms with Crippen molar-refractivity contribution < 1.29 is 17.9 Å². The molecule has 0 aliphatic rings. The van der Waals surface area contributed by atoms with Crippen LogP contribution in [0.5, 0.6) is 5.75 Å². The number of benzene rings is 2. The third kappa shape index (κ3) is 5.52. The maximum atomic E-state index is 12.3. The van der Waals surface area contributed by atoms with Crippen LogP contribution in [0.2, 0.25) is 0 Å². The highest BCUT2D eigenvalue weighted by Crippen LogP contribution is 2.24. The lowest BCUT2D eigenvalue weighted by Crippen LogP contribution is -2.17. The molecule has 0 saturated carbocycles. The number of aromatic amines is 1. The number of nitriles is 1. The normalized spacial score (nSPS) is 10.9. The molecule has 0 radical (unpaired) electrons. The Morgan fingerprint density at radius 1 is 1.22 bits per heavy atom. The van der Waals surface area contributed by atoms with Crippen LogP contribution in [0.25, 0.3) is 11.3 Å². The topological polar surface area (TPSA) is 168 Å². The number of ether oxygens (including phenoxy) is 1. The van der Waals surface area contributed by atoms with Gasteiger partial charge in [-0.3, -0.25) is 9.59 Å². The minimum Gasteiger partial charge on any atom is -0.497 e. The maximum absolute atomic E-state index is 12.3. The van der Waals surface area contributed by atoms with Crippen LogP contribution < -0.4 is 20.8 Å². The zero-order chi connectivity index (χ0) is 23.3. The number of nitrogens with zero attached hydrogens (tertiary/aromatic N) is 2. The first-order valence-electron chi connectivity index (χ1n) is 8.95. The molecule has 3 rings (SSSR count). The number of sulfonamides is 1. The molecule has 164 valence electrons. The lowest BCUT2D eigenvalue weighted by molar-refractivity contribution is -0.113. The van der Waals surface area contributed by atoms with Gasteiger partial charge in [-0.15, -0.1) is 0 Å². The molecule has 0 atom stereocenters. The second-order valence-electron chi connectivity index (χ2n) is 6.34. The SMILES string of the molecule is COc1ccc(-c2nc(SCC(=O)Nc3ccc(S(N)(=O)=O)cc3)[nH]c(=O)c2C#N)cc1. The Balaban J connectivity index is 1.74. The molecule has 0 bridgehead atoms. The van der Waals surface area contributed by atoms with E-state index in [4.69, 9.17) is 9.88 Å². The monoisotopic (exact) mass is 471 g/mol. The highest BCUT2D eigenvalue weighted by Gasteiger charge is 2.15. The van der Waals surface area contributed by atoms with E-state index in [1.165, 1.54) is 31.4 Å². The van der Waals surface area contributed by atoms with Crippen molar-refractivity contribution >= 4 is 33.4 Å². The lowest BCUT2D eigenvalue weighted by atomic mass is 10.1. The summed E-state index contributed by atoms with van der Waals surface area (Å²) in [5, 5.41) is 17.2. The number of H-pyrrole nitrogens is 1. The summed E-state index contributed by atoms with van der Waals surface area (Å²) in [6.07, 6.45) is 0. The molecule has 4 N–H and O–H groups in total. The molecule has 32 heavy (non-hydrogen) atoms. The zero-order valence-corrected chi connectivity index (χ0v) is 18.3. The van der Waals surface area contributed by atoms with Gasteiger partial charge in [-0.1, -0.05) is 11.8 Å². The fraction of sp³-hybridized carbons (Fsp3) is 0.100. The molecule has 0 aliphatic carbocycles. The van der Waals surface area contributed by atoms with Gasteiger partial charge in [-0.2, -0.15) is 5.26 Å². The third-order valence-electron chi connectivity index (χ3n) is 4.18. The number of primary sulfonamides is 1. The predicted octanol–water partition coefficient (Wildman–Crippen LogP) is 1.70. The Labute approximate surface area is 187 Å². The van der Waals surface area contributed by atoms with Gasteiger partial charge in [0.05, 0.1) is 23.5 Å². The average Bonchev–Trinajstić information content (AvgIpc) is 2.77. The van der Waals surface area contributed by atoms with Gasteiger partial charge in [-0.05, 0) is 48.5 Å². The van der Waals surface area contributed by atoms with E-state index in [0.717, 1.165) is 11.8 Å². The van der Waals surface area contributed by atoms with Crippen molar-refractivity contribution in [3.63, 3.8) is 0 Å². The number of carbonyl (C=O) groups is 1. The van der Waals surface area contributed by atoms with Crippen LogP contribution in [0.1, 0.15) is 5.56 Å². The Hall–Kier alpha value is -3.66. The van der Waals surface area contributed by atoms with Crippen molar-refractivity contribution in [2.75, 3.05) is 18.2 Å². The highest BCUT2D eigenvalue weighted by atomic mass is 32.2. The molecule has 0 unspecified atom stereocenters. The first kappa shape index (κ1) is 23.0. The molecule has 1 amide bonds. The van der Waals surface area contributed by atoms with Crippen molar-refractivity contribution in [2.45, 2.75) is 10.1 Å². The number of methoxy groups -OCH3 is 1. The van der Waals surface area contributed by atoms with Crippen molar-refractivity contribution in [1.82, 2.24) is 9.97 Å². The van der Waals surface area contributed by atoms with Gasteiger partial charge >= 0.3 is 0 Å². The van der Waals surface area contributed by atoms with E-state index in [-0.39, 0.29) is 27.1 Å². The Bertz CT molecular complexity index is 1350. The average molecular weight is 472 g/mol. The largest absolute Gasteiger partial charge is 0.497 e. The molecule has 1 aromatic heterocycles. The summed E-state index contributed by atoms with van der Waals surface area (Å²) < 4.78 is 27.7. The molecule has 10 nitrogen and oxygen atoms in total.